The van der Waals surface area contributed by atoms with Crippen LogP contribution in [0.2, 0.25) is 0 Å². The zero-order valence-electron chi connectivity index (χ0n) is 28.3. The average Bonchev–Trinajstić information content (AvgIpc) is 3.73. The van der Waals surface area contributed by atoms with Gasteiger partial charge in [-0.1, -0.05) is 147 Å². The highest BCUT2D eigenvalue weighted by Gasteiger charge is 2.26. The number of aromatic nitrogens is 1. The van der Waals surface area contributed by atoms with E-state index in [4.69, 9.17) is 9.98 Å². The number of benzene rings is 5. The number of hydrogen-bond donors (Lipinski definition) is 1. The summed E-state index contributed by atoms with van der Waals surface area (Å²) in [6, 6.07) is 43.7. The Kier molecular flexibility index (Phi) is 7.21. The molecular formula is C46H36N4S. The molecule has 1 N–H and O–H groups in total. The van der Waals surface area contributed by atoms with Crippen molar-refractivity contribution in [3.63, 3.8) is 0 Å². The zero-order chi connectivity index (χ0) is 33.9. The fraction of sp³-hybridized carbons (Fsp3) is 0.130. The number of nitrogens with one attached hydrogen (secondary N) is 1. The van der Waals surface area contributed by atoms with Crippen LogP contribution in [0.3, 0.4) is 0 Å². The quantitative estimate of drug-likeness (QED) is 0.194. The van der Waals surface area contributed by atoms with Crippen molar-refractivity contribution in [1.82, 2.24) is 9.88 Å². The predicted molar refractivity (Wildman–Crippen MR) is 215 cm³/mol. The Morgan fingerprint density at radius 2 is 1.55 bits per heavy atom. The van der Waals surface area contributed by atoms with Crippen LogP contribution in [0.25, 0.3) is 43.2 Å². The number of amidine groups is 2. The van der Waals surface area contributed by atoms with Crippen LogP contribution in [0, 0.1) is 5.92 Å². The minimum absolute atomic E-state index is 0.231. The third-order valence-corrected chi connectivity index (χ3v) is 11.9. The van der Waals surface area contributed by atoms with E-state index in [2.05, 4.69) is 162 Å². The number of thiophene rings is 1. The van der Waals surface area contributed by atoms with Gasteiger partial charge in [0.15, 0.2) is 5.84 Å². The maximum absolute atomic E-state index is 5.21. The summed E-state index contributed by atoms with van der Waals surface area (Å²) in [4.78, 5) is 10.4. The Morgan fingerprint density at radius 3 is 2.39 bits per heavy atom. The van der Waals surface area contributed by atoms with Gasteiger partial charge in [-0.05, 0) is 41.7 Å². The van der Waals surface area contributed by atoms with E-state index in [-0.39, 0.29) is 12.1 Å². The third kappa shape index (κ3) is 5.11. The molecule has 2 aromatic heterocycles. The fourth-order valence-electron chi connectivity index (χ4n) is 8.18. The van der Waals surface area contributed by atoms with Crippen molar-refractivity contribution in [2.24, 2.45) is 15.9 Å². The van der Waals surface area contributed by atoms with E-state index in [0.717, 1.165) is 34.8 Å². The molecule has 0 saturated carbocycles. The van der Waals surface area contributed by atoms with E-state index in [1.165, 1.54) is 47.2 Å². The second-order valence-electron chi connectivity index (χ2n) is 13.8. The van der Waals surface area contributed by atoms with E-state index in [0.29, 0.717) is 12.0 Å². The number of para-hydroxylation sites is 1. The summed E-state index contributed by atoms with van der Waals surface area (Å²) >= 11 is 1.85. The van der Waals surface area contributed by atoms with Gasteiger partial charge in [-0.3, -0.25) is 0 Å². The van der Waals surface area contributed by atoms with Crippen LogP contribution >= 0.6 is 11.3 Å². The molecule has 5 aromatic carbocycles. The van der Waals surface area contributed by atoms with Crippen LogP contribution in [0.5, 0.6) is 0 Å². The van der Waals surface area contributed by atoms with E-state index >= 15 is 0 Å². The Balaban J connectivity index is 1.09. The van der Waals surface area contributed by atoms with Crippen LogP contribution in [0.4, 0.5) is 0 Å². The van der Waals surface area contributed by atoms with Crippen molar-refractivity contribution in [3.8, 4) is 0 Å². The lowest BCUT2D eigenvalue weighted by Gasteiger charge is -2.23. The molecule has 1 aliphatic heterocycles. The Hall–Kier alpha value is -5.78. The molecule has 4 nitrogen and oxygen atoms in total. The molecule has 2 aliphatic carbocycles. The minimum atomic E-state index is -0.231. The number of aliphatic imine (C=N–C) groups is 2. The molecule has 0 bridgehead atoms. The first-order valence-electron chi connectivity index (χ1n) is 17.8. The molecule has 0 amide bonds. The number of nitrogens with zero attached hydrogens (tertiary/aromatic N) is 3. The molecule has 3 aliphatic rings. The summed E-state index contributed by atoms with van der Waals surface area (Å²) in [5, 5.41) is 10.2. The molecule has 10 rings (SSSR count). The molecule has 4 atom stereocenters. The van der Waals surface area contributed by atoms with Gasteiger partial charge in [-0.15, -0.1) is 11.3 Å². The average molecular weight is 677 g/mol. The van der Waals surface area contributed by atoms with E-state index in [9.17, 15) is 0 Å². The van der Waals surface area contributed by atoms with E-state index in [1.54, 1.807) is 0 Å². The molecule has 0 saturated heterocycles. The molecule has 0 fully saturated rings. The monoisotopic (exact) mass is 676 g/mol. The van der Waals surface area contributed by atoms with Crippen LogP contribution in [0.15, 0.2) is 156 Å². The maximum atomic E-state index is 5.21. The van der Waals surface area contributed by atoms with Gasteiger partial charge in [0.25, 0.3) is 0 Å². The highest BCUT2D eigenvalue weighted by molar-refractivity contribution is 7.26. The summed E-state index contributed by atoms with van der Waals surface area (Å²) in [6.07, 6.45) is 14.8. The number of allylic oxidation sites excluding steroid dienone is 4. The van der Waals surface area contributed by atoms with Gasteiger partial charge in [0.05, 0.1) is 6.04 Å². The second-order valence-corrected chi connectivity index (χ2v) is 14.8. The van der Waals surface area contributed by atoms with Gasteiger partial charge in [-0.25, -0.2) is 9.98 Å². The van der Waals surface area contributed by atoms with Crippen molar-refractivity contribution >= 4 is 66.2 Å². The first kappa shape index (κ1) is 30.1. The fourth-order valence-corrected chi connectivity index (χ4v) is 9.44. The van der Waals surface area contributed by atoms with Crippen molar-refractivity contribution in [1.29, 1.82) is 0 Å². The van der Waals surface area contributed by atoms with Crippen LogP contribution in [0.1, 0.15) is 53.7 Å². The van der Waals surface area contributed by atoms with Crippen molar-refractivity contribution in [2.45, 2.75) is 31.5 Å². The maximum Gasteiger partial charge on any atom is 0.160 e. The minimum Gasteiger partial charge on any atom is -0.344 e. The lowest BCUT2D eigenvalue weighted by atomic mass is 9.83. The van der Waals surface area contributed by atoms with Gasteiger partial charge in [0.1, 0.15) is 12.0 Å². The normalized spacial score (nSPS) is 21.1. The lowest BCUT2D eigenvalue weighted by molar-refractivity contribution is 0.604. The van der Waals surface area contributed by atoms with Crippen LogP contribution in [-0.4, -0.2) is 16.2 Å². The van der Waals surface area contributed by atoms with Gasteiger partial charge >= 0.3 is 0 Å². The summed E-state index contributed by atoms with van der Waals surface area (Å²) in [6.45, 7) is 2.37. The molecule has 7 aromatic rings. The lowest BCUT2D eigenvalue weighted by Crippen LogP contribution is -2.36. The Bertz CT molecular complexity index is 2730. The van der Waals surface area contributed by atoms with Crippen molar-refractivity contribution < 1.29 is 0 Å². The highest BCUT2D eigenvalue weighted by atomic mass is 32.1. The number of hydrogen-bond acceptors (Lipinski definition) is 4. The molecule has 0 radical (unpaired) electrons. The molecule has 5 heteroatoms. The topological polar surface area (TPSA) is 41.7 Å². The molecule has 4 unspecified atom stereocenters. The molecule has 51 heavy (non-hydrogen) atoms. The van der Waals surface area contributed by atoms with Crippen molar-refractivity contribution in [2.75, 3.05) is 0 Å². The van der Waals surface area contributed by atoms with Gasteiger partial charge < -0.3 is 9.88 Å². The number of fused-ring (bicyclic) bond motifs is 6. The molecule has 3 heterocycles. The van der Waals surface area contributed by atoms with Crippen molar-refractivity contribution in [3.05, 3.63) is 178 Å². The molecule has 246 valence electrons. The first-order valence-corrected chi connectivity index (χ1v) is 18.7. The summed E-state index contributed by atoms with van der Waals surface area (Å²) in [7, 11) is 0. The first-order chi connectivity index (χ1) is 25.2. The smallest absolute Gasteiger partial charge is 0.160 e. The van der Waals surface area contributed by atoms with Gasteiger partial charge in [0, 0.05) is 58.7 Å². The Morgan fingerprint density at radius 1 is 0.745 bits per heavy atom. The Labute approximate surface area is 300 Å². The van der Waals surface area contributed by atoms with Gasteiger partial charge in [-0.2, -0.15) is 0 Å². The standard InChI is InChI=1S/C46H36N4S/c1-29-26-39-34-20-11-12-23-40(34)50(33-18-9-4-10-19-33)41(39)28-38(29)32-24-25-35-36-21-13-22-37(43(36)51-42(35)27-32)46-48-44(30-14-5-2-6-15-30)47-45(49-46)31-16-7-3-8-17-31/h2-18,20-29,33,38,44H,19H2,1H3,(H,47,48,49). The summed E-state index contributed by atoms with van der Waals surface area (Å²) < 4.78 is 5.08. The van der Waals surface area contributed by atoms with Gasteiger partial charge in [0.2, 0.25) is 0 Å². The second kappa shape index (κ2) is 12.2. The molecule has 0 spiro atoms. The van der Waals surface area contributed by atoms with Crippen LogP contribution < -0.4 is 15.9 Å². The predicted octanol–water partition coefficient (Wildman–Crippen LogP) is 9.56. The number of rotatable bonds is 5. The summed E-state index contributed by atoms with van der Waals surface area (Å²) in [5.74, 6) is 2.24. The van der Waals surface area contributed by atoms with E-state index in [1.807, 2.05) is 23.5 Å². The SMILES string of the molecule is CC1C=c2c(n(C3C=CC=CC3)c3ccccc23)=CC1c1ccc2c(c1)sc1c(C3=NC(c4ccccc4)NC(c4ccccc4)=N3)cccc12. The van der Waals surface area contributed by atoms with E-state index < -0.39 is 0 Å². The highest BCUT2D eigenvalue weighted by Crippen LogP contribution is 2.40. The largest absolute Gasteiger partial charge is 0.344 e. The summed E-state index contributed by atoms with van der Waals surface area (Å²) in [5.41, 5.74) is 5.90. The zero-order valence-corrected chi connectivity index (χ0v) is 29.1. The third-order valence-electron chi connectivity index (χ3n) is 10.7. The molecular weight excluding hydrogens is 641 g/mol. The van der Waals surface area contributed by atoms with Crippen LogP contribution in [-0.2, 0) is 0 Å².